The number of thiocarbonyl (C=S) groups is 1. The molecule has 1 N–H and O–H groups in total. The van der Waals surface area contributed by atoms with Crippen molar-refractivity contribution in [3.8, 4) is 0 Å². The van der Waals surface area contributed by atoms with Gasteiger partial charge >= 0.3 is 11.9 Å². The van der Waals surface area contributed by atoms with Crippen molar-refractivity contribution in [2.24, 2.45) is 12.0 Å². The number of hydrogen-bond donors (Lipinski definition) is 1. The summed E-state index contributed by atoms with van der Waals surface area (Å²) >= 11 is 5.47. The van der Waals surface area contributed by atoms with E-state index in [-0.39, 0.29) is 29.9 Å². The number of carbonyl (C=O) groups excluding carboxylic acids is 3. The van der Waals surface area contributed by atoms with Crippen LogP contribution in [0.1, 0.15) is 28.0 Å². The van der Waals surface area contributed by atoms with E-state index in [9.17, 15) is 19.5 Å². The monoisotopic (exact) mass is 536 g/mol. The maximum absolute atomic E-state index is 13.0. The highest BCUT2D eigenvalue weighted by Gasteiger charge is 2.43. The van der Waals surface area contributed by atoms with Crippen molar-refractivity contribution in [2.75, 3.05) is 19.5 Å². The van der Waals surface area contributed by atoms with E-state index in [0.29, 0.717) is 22.5 Å². The first kappa shape index (κ1) is 26.4. The molecule has 1 aromatic heterocycles. The smallest absolute Gasteiger partial charge is 0.337 e. The molecule has 12 nitrogen and oxygen atoms in total. The number of carbonyl (C=O) groups is 3. The van der Waals surface area contributed by atoms with Gasteiger partial charge in [-0.05, 0) is 52.6 Å². The highest BCUT2D eigenvalue weighted by Crippen LogP contribution is 2.25. The number of methoxy groups -OCH3 is 1. The van der Waals surface area contributed by atoms with E-state index in [4.69, 9.17) is 16.7 Å². The molecule has 2 aromatic carbocycles. The van der Waals surface area contributed by atoms with E-state index >= 15 is 0 Å². The molecule has 2 heterocycles. The van der Waals surface area contributed by atoms with Crippen LogP contribution in [0, 0.1) is 0 Å². The number of likely N-dealkylation sites (N-methyl/N-ethyl adjacent to an activating group) is 1. The fourth-order valence-electron chi connectivity index (χ4n) is 3.84. The van der Waals surface area contributed by atoms with Crippen molar-refractivity contribution in [1.29, 1.82) is 0 Å². The number of nitrogens with zero attached hydrogens (tertiary/aromatic N) is 5. The Hall–Kier alpha value is -4.65. The molecule has 1 aliphatic rings. The number of aryl methyl sites for hydroxylation is 1. The third-order valence-corrected chi connectivity index (χ3v) is 6.43. The first-order chi connectivity index (χ1) is 18.2. The Morgan fingerprint density at radius 1 is 1.18 bits per heavy atom. The Kier molecular flexibility index (Phi) is 7.76. The van der Waals surface area contributed by atoms with E-state index < -0.39 is 23.8 Å². The van der Waals surface area contributed by atoms with Gasteiger partial charge in [-0.15, -0.1) is 0 Å². The Morgan fingerprint density at radius 2 is 1.87 bits per heavy atom. The molecule has 0 aliphatic carbocycles. The summed E-state index contributed by atoms with van der Waals surface area (Å²) in [6.45, 7) is 0.0155. The van der Waals surface area contributed by atoms with Crippen molar-refractivity contribution in [3.05, 3.63) is 71.4 Å². The lowest BCUT2D eigenvalue weighted by atomic mass is 10.1. The Labute approximate surface area is 223 Å². The summed E-state index contributed by atoms with van der Waals surface area (Å²) in [5, 5.41) is 19.4. The number of rotatable bonds is 8. The van der Waals surface area contributed by atoms with Gasteiger partial charge in [0.1, 0.15) is 12.6 Å². The second kappa shape index (κ2) is 11.2. The first-order valence-electron chi connectivity index (χ1n) is 11.4. The predicted molar refractivity (Wildman–Crippen MR) is 136 cm³/mol. The maximum Gasteiger partial charge on any atom is 0.337 e. The molecule has 4 rings (SSSR count). The molecule has 196 valence electrons. The maximum atomic E-state index is 13.0. The van der Waals surface area contributed by atoms with Gasteiger partial charge in [0.25, 0.3) is 11.6 Å². The summed E-state index contributed by atoms with van der Waals surface area (Å²) in [4.78, 5) is 44.3. The second-order valence-corrected chi connectivity index (χ2v) is 8.74. The van der Waals surface area contributed by atoms with Crippen LogP contribution in [0.3, 0.4) is 0 Å². The van der Waals surface area contributed by atoms with E-state index in [1.165, 1.54) is 35.9 Å². The van der Waals surface area contributed by atoms with Gasteiger partial charge in [-0.2, -0.15) is 0 Å². The van der Waals surface area contributed by atoms with Crippen LogP contribution >= 0.6 is 12.2 Å². The molecule has 1 unspecified atom stereocenters. The Balaban J connectivity index is 1.52. The van der Waals surface area contributed by atoms with Crippen LogP contribution in [-0.4, -0.2) is 64.1 Å². The summed E-state index contributed by atoms with van der Waals surface area (Å²) < 4.78 is 11.3. The van der Waals surface area contributed by atoms with Crippen molar-refractivity contribution >= 4 is 52.6 Å². The molecule has 1 saturated heterocycles. The second-order valence-electron chi connectivity index (χ2n) is 8.38. The number of ether oxygens (including phenoxy) is 1. The Bertz CT molecular complexity index is 1410. The zero-order valence-corrected chi connectivity index (χ0v) is 21.6. The fraction of sp³-hybridized carbons (Fsp3) is 0.240. The van der Waals surface area contributed by atoms with Crippen molar-refractivity contribution in [1.82, 2.24) is 15.1 Å². The van der Waals surface area contributed by atoms with Gasteiger partial charge in [0, 0.05) is 12.7 Å². The molecule has 38 heavy (non-hydrogen) atoms. The number of aromatic nitrogens is 2. The van der Waals surface area contributed by atoms with Gasteiger partial charge in [-0.3, -0.25) is 19.0 Å². The van der Waals surface area contributed by atoms with Crippen LogP contribution < -0.4 is 15.1 Å². The molecule has 13 heteroatoms. The topological polar surface area (TPSA) is 144 Å². The van der Waals surface area contributed by atoms with E-state index in [1.807, 2.05) is 0 Å². The number of esters is 1. The molecule has 0 spiro atoms. The molecular formula is C25H24N6O6S. The van der Waals surface area contributed by atoms with Gasteiger partial charge in [0.05, 0.1) is 19.1 Å². The van der Waals surface area contributed by atoms with Gasteiger partial charge in [-0.25, -0.2) is 9.79 Å². The minimum absolute atomic E-state index is 0.0155. The number of hydrogen-bond acceptors (Lipinski definition) is 9. The standard InChI is InChI=1S/C25H24N6O6S/c1-29-23(34)18(13-20(32)26-17-11-9-16(10-12-17)24(35)36-3)31(25(29)38)14-19-22(37-28-30(19)2)27-21(33)15-7-5-4-6-8-15/h4-12,18H,13-14H2,1-3H3,(H-,26,27,28,32,33,35). The molecule has 0 bridgehead atoms. The minimum atomic E-state index is -0.908. The third-order valence-electron chi connectivity index (χ3n) is 5.92. The van der Waals surface area contributed by atoms with Gasteiger partial charge in [0.2, 0.25) is 11.2 Å². The van der Waals surface area contributed by atoms with E-state index in [1.54, 1.807) is 54.4 Å². The van der Waals surface area contributed by atoms with Crippen LogP contribution in [0.15, 0.2) is 64.1 Å². The summed E-state index contributed by atoms with van der Waals surface area (Å²) in [6, 6.07) is 13.7. The molecule has 1 fully saturated rings. The highest BCUT2D eigenvalue weighted by molar-refractivity contribution is 7.80. The van der Waals surface area contributed by atoms with Crippen LogP contribution in [0.2, 0.25) is 0 Å². The first-order valence-corrected chi connectivity index (χ1v) is 11.8. The summed E-state index contributed by atoms with van der Waals surface area (Å²) in [6.07, 6.45) is -0.202. The van der Waals surface area contributed by atoms with Crippen molar-refractivity contribution in [3.63, 3.8) is 0 Å². The molecule has 0 radical (unpaired) electrons. The molecule has 1 atom stereocenters. The Morgan fingerprint density at radius 3 is 2.53 bits per heavy atom. The number of amides is 2. The highest BCUT2D eigenvalue weighted by atomic mass is 32.1. The van der Waals surface area contributed by atoms with Crippen LogP contribution in [0.25, 0.3) is 0 Å². The lowest BCUT2D eigenvalue weighted by Crippen LogP contribution is -2.42. The SMILES string of the molecule is COC(=O)c1ccc(NC(=O)CC2C(=O)N(C)C(=S)N2Cc2c(/N=C(\[O-])c3ccccc3)on[n+]2C)cc1. The molecule has 3 aromatic rings. The average molecular weight is 537 g/mol. The average Bonchev–Trinajstić information content (AvgIpc) is 3.36. The summed E-state index contributed by atoms with van der Waals surface area (Å²) in [5.74, 6) is -1.83. The largest absolute Gasteiger partial charge is 0.858 e. The van der Waals surface area contributed by atoms with Crippen molar-refractivity contribution < 1.29 is 33.4 Å². The normalized spacial score (nSPS) is 15.7. The molecular weight excluding hydrogens is 512 g/mol. The number of aliphatic imine (C=N–C) groups is 1. The lowest BCUT2D eigenvalue weighted by molar-refractivity contribution is -0.746. The molecule has 1 aliphatic heterocycles. The third kappa shape index (κ3) is 5.52. The zero-order valence-electron chi connectivity index (χ0n) is 20.8. The van der Waals surface area contributed by atoms with Crippen LogP contribution in [-0.2, 0) is 27.9 Å². The van der Waals surface area contributed by atoms with Gasteiger partial charge in [0.15, 0.2) is 12.2 Å². The molecule has 0 saturated carbocycles. The van der Waals surface area contributed by atoms with Crippen LogP contribution in [0.4, 0.5) is 11.6 Å². The van der Waals surface area contributed by atoms with Gasteiger partial charge in [-0.1, -0.05) is 30.3 Å². The summed E-state index contributed by atoms with van der Waals surface area (Å²) in [5.41, 5.74) is 1.55. The predicted octanol–water partition coefficient (Wildman–Crippen LogP) is 0.681. The zero-order chi connectivity index (χ0) is 27.4. The quantitative estimate of drug-likeness (QED) is 0.144. The van der Waals surface area contributed by atoms with Crippen molar-refractivity contribution in [2.45, 2.75) is 19.0 Å². The van der Waals surface area contributed by atoms with E-state index in [2.05, 4.69) is 20.3 Å². The number of anilines is 1. The number of nitrogens with one attached hydrogen (secondary N) is 1. The van der Waals surface area contributed by atoms with E-state index in [0.717, 1.165) is 0 Å². The lowest BCUT2D eigenvalue weighted by Gasteiger charge is -2.21. The summed E-state index contributed by atoms with van der Waals surface area (Å²) in [7, 11) is 4.41. The number of benzene rings is 2. The molecule has 2 amide bonds. The minimum Gasteiger partial charge on any atom is -0.858 e. The fourth-order valence-corrected chi connectivity index (χ4v) is 4.12. The van der Waals surface area contributed by atoms with Crippen LogP contribution in [0.5, 0.6) is 0 Å². The van der Waals surface area contributed by atoms with Gasteiger partial charge < -0.3 is 20.1 Å².